The molecule has 4 rings (SSSR count). The smallest absolute Gasteiger partial charge is 0.271 e. The van der Waals surface area contributed by atoms with Gasteiger partial charge in [0, 0.05) is 38.0 Å². The fourth-order valence-corrected chi connectivity index (χ4v) is 2.97. The molecule has 3 heterocycles. The molecule has 2 aromatic heterocycles. The number of fused-ring (bicyclic) bond motifs is 1. The number of carbonyl (C=O) groups excluding carboxylic acids is 1. The van der Waals surface area contributed by atoms with E-state index in [9.17, 15) is 4.79 Å². The Balaban J connectivity index is 1.51. The molecule has 0 radical (unpaired) electrons. The predicted molar refractivity (Wildman–Crippen MR) is 93.9 cm³/mol. The highest BCUT2D eigenvalue weighted by atomic mass is 16.7. The lowest BCUT2D eigenvalue weighted by Crippen LogP contribution is -2.26. The Morgan fingerprint density at radius 1 is 1.31 bits per heavy atom. The van der Waals surface area contributed by atoms with Gasteiger partial charge in [0.15, 0.2) is 11.5 Å². The molecule has 1 aliphatic heterocycles. The van der Waals surface area contributed by atoms with E-state index in [0.717, 1.165) is 16.8 Å². The van der Waals surface area contributed by atoms with Crippen molar-refractivity contribution in [2.75, 3.05) is 13.8 Å². The number of ether oxygens (including phenoxy) is 2. The maximum absolute atomic E-state index is 12.7. The molecule has 8 nitrogen and oxygen atoms in total. The van der Waals surface area contributed by atoms with Crippen LogP contribution in [-0.2, 0) is 13.6 Å². The summed E-state index contributed by atoms with van der Waals surface area (Å²) in [6.07, 6.45) is 1.92. The molecule has 0 bridgehead atoms. The molecule has 1 aromatic carbocycles. The maximum Gasteiger partial charge on any atom is 0.271 e. The highest BCUT2D eigenvalue weighted by Crippen LogP contribution is 2.35. The number of amides is 1. The molecule has 1 N–H and O–H groups in total. The average molecular weight is 353 g/mol. The van der Waals surface area contributed by atoms with Crippen LogP contribution in [0.15, 0.2) is 30.5 Å². The summed E-state index contributed by atoms with van der Waals surface area (Å²) >= 11 is 0. The van der Waals surface area contributed by atoms with Crippen molar-refractivity contribution >= 4 is 5.91 Å². The lowest BCUT2D eigenvalue weighted by Gasteiger charge is -2.15. The molecule has 0 saturated heterocycles. The minimum absolute atomic E-state index is 0.132. The van der Waals surface area contributed by atoms with Crippen molar-refractivity contribution in [3.05, 3.63) is 47.4 Å². The fourth-order valence-electron chi connectivity index (χ4n) is 2.97. The third-order valence-electron chi connectivity index (χ3n) is 4.35. The summed E-state index contributed by atoms with van der Waals surface area (Å²) in [6.45, 7) is 2.64. The lowest BCUT2D eigenvalue weighted by molar-refractivity contribution is 0.0779. The number of hydrogen-bond acceptors (Lipinski definition) is 5. The van der Waals surface area contributed by atoms with Crippen LogP contribution in [-0.4, -0.2) is 44.6 Å². The molecule has 3 aromatic rings. The molecule has 0 fully saturated rings. The number of aromatic amines is 1. The zero-order valence-electron chi connectivity index (χ0n) is 14.8. The Bertz CT molecular complexity index is 975. The van der Waals surface area contributed by atoms with Gasteiger partial charge in [-0.1, -0.05) is 0 Å². The SMILES string of the molecule is Cc1nn(C)cc1CN(C)C(=O)c1cc(-c2ccc3c(c2)OCO3)n[nH]1. The Hall–Kier alpha value is -3.29. The molecule has 0 unspecified atom stereocenters. The van der Waals surface area contributed by atoms with Crippen molar-refractivity contribution in [2.45, 2.75) is 13.5 Å². The van der Waals surface area contributed by atoms with Gasteiger partial charge in [-0.3, -0.25) is 14.6 Å². The zero-order valence-corrected chi connectivity index (χ0v) is 14.8. The Morgan fingerprint density at radius 2 is 2.12 bits per heavy atom. The summed E-state index contributed by atoms with van der Waals surface area (Å²) in [5.41, 5.74) is 3.89. The molecule has 26 heavy (non-hydrogen) atoms. The number of nitrogens with zero attached hydrogens (tertiary/aromatic N) is 4. The summed E-state index contributed by atoms with van der Waals surface area (Å²) in [5, 5.41) is 11.4. The number of nitrogens with one attached hydrogen (secondary N) is 1. The first kappa shape index (κ1) is 16.2. The van der Waals surface area contributed by atoms with Crippen molar-refractivity contribution in [3.63, 3.8) is 0 Å². The van der Waals surface area contributed by atoms with Crippen LogP contribution in [0.1, 0.15) is 21.7 Å². The molecule has 0 aliphatic carbocycles. The summed E-state index contributed by atoms with van der Waals surface area (Å²) < 4.78 is 12.5. The van der Waals surface area contributed by atoms with Crippen LogP contribution in [0, 0.1) is 6.92 Å². The van der Waals surface area contributed by atoms with E-state index >= 15 is 0 Å². The quantitative estimate of drug-likeness (QED) is 0.776. The second-order valence-corrected chi connectivity index (χ2v) is 6.31. The molecule has 1 amide bonds. The van der Waals surface area contributed by atoms with E-state index in [0.29, 0.717) is 29.4 Å². The van der Waals surface area contributed by atoms with Crippen molar-refractivity contribution in [1.29, 1.82) is 0 Å². The normalized spacial score (nSPS) is 12.4. The number of aromatic nitrogens is 4. The standard InChI is InChI=1S/C18H19N5O3/c1-11-13(9-23(3)21-11)8-22(2)18(24)15-7-14(19-20-15)12-4-5-16-17(6-12)26-10-25-16/h4-7,9H,8,10H2,1-3H3,(H,19,20). The first-order valence-electron chi connectivity index (χ1n) is 8.21. The fraction of sp³-hybridized carbons (Fsp3) is 0.278. The number of H-pyrrole nitrogens is 1. The van der Waals surface area contributed by atoms with Crippen LogP contribution in [0.3, 0.4) is 0 Å². The molecule has 1 aliphatic rings. The van der Waals surface area contributed by atoms with Gasteiger partial charge in [0.25, 0.3) is 5.91 Å². The second-order valence-electron chi connectivity index (χ2n) is 6.31. The summed E-state index contributed by atoms with van der Waals surface area (Å²) in [7, 11) is 3.63. The van der Waals surface area contributed by atoms with E-state index in [4.69, 9.17) is 9.47 Å². The highest BCUT2D eigenvalue weighted by molar-refractivity contribution is 5.93. The van der Waals surface area contributed by atoms with Crippen molar-refractivity contribution in [1.82, 2.24) is 24.9 Å². The molecule has 0 atom stereocenters. The van der Waals surface area contributed by atoms with Gasteiger partial charge in [0.2, 0.25) is 6.79 Å². The third-order valence-corrected chi connectivity index (χ3v) is 4.35. The number of hydrogen-bond donors (Lipinski definition) is 1. The topological polar surface area (TPSA) is 85.3 Å². The van der Waals surface area contributed by atoms with Crippen molar-refractivity contribution in [2.24, 2.45) is 7.05 Å². The molecule has 134 valence electrons. The van der Waals surface area contributed by atoms with Gasteiger partial charge in [-0.2, -0.15) is 10.2 Å². The minimum atomic E-state index is -0.132. The Labute approximate surface area is 150 Å². The van der Waals surface area contributed by atoms with Gasteiger partial charge >= 0.3 is 0 Å². The molecular weight excluding hydrogens is 334 g/mol. The highest BCUT2D eigenvalue weighted by Gasteiger charge is 2.19. The molecule has 0 saturated carbocycles. The van der Waals surface area contributed by atoms with E-state index < -0.39 is 0 Å². The van der Waals surface area contributed by atoms with Gasteiger partial charge in [-0.15, -0.1) is 0 Å². The van der Waals surface area contributed by atoms with E-state index in [1.54, 1.807) is 22.7 Å². The van der Waals surface area contributed by atoms with Crippen LogP contribution >= 0.6 is 0 Å². The van der Waals surface area contributed by atoms with Gasteiger partial charge < -0.3 is 14.4 Å². The van der Waals surface area contributed by atoms with E-state index in [1.165, 1.54) is 0 Å². The van der Waals surface area contributed by atoms with E-state index in [-0.39, 0.29) is 12.7 Å². The largest absolute Gasteiger partial charge is 0.454 e. The van der Waals surface area contributed by atoms with Crippen molar-refractivity contribution in [3.8, 4) is 22.8 Å². The number of aryl methyl sites for hydroxylation is 2. The summed E-state index contributed by atoms with van der Waals surface area (Å²) in [4.78, 5) is 14.3. The Morgan fingerprint density at radius 3 is 2.88 bits per heavy atom. The summed E-state index contributed by atoms with van der Waals surface area (Å²) in [5.74, 6) is 1.27. The van der Waals surface area contributed by atoms with Crippen LogP contribution in [0.2, 0.25) is 0 Å². The van der Waals surface area contributed by atoms with E-state index in [1.807, 2.05) is 38.4 Å². The zero-order chi connectivity index (χ0) is 18.3. The van der Waals surface area contributed by atoms with Gasteiger partial charge in [-0.25, -0.2) is 0 Å². The number of carbonyl (C=O) groups is 1. The monoisotopic (exact) mass is 353 g/mol. The second kappa shape index (κ2) is 6.21. The predicted octanol–water partition coefficient (Wildman–Crippen LogP) is 2.12. The van der Waals surface area contributed by atoms with Crippen molar-refractivity contribution < 1.29 is 14.3 Å². The van der Waals surface area contributed by atoms with Gasteiger partial charge in [-0.05, 0) is 31.2 Å². The summed E-state index contributed by atoms with van der Waals surface area (Å²) in [6, 6.07) is 7.33. The third kappa shape index (κ3) is 2.90. The van der Waals surface area contributed by atoms with Crippen LogP contribution in [0.5, 0.6) is 11.5 Å². The van der Waals surface area contributed by atoms with Gasteiger partial charge in [0.1, 0.15) is 5.69 Å². The van der Waals surface area contributed by atoms with Crippen LogP contribution in [0.25, 0.3) is 11.3 Å². The molecule has 8 heteroatoms. The first-order valence-corrected chi connectivity index (χ1v) is 8.21. The Kier molecular flexibility index (Phi) is 3.87. The molecule has 0 spiro atoms. The first-order chi connectivity index (χ1) is 12.5. The van der Waals surface area contributed by atoms with Crippen LogP contribution in [0.4, 0.5) is 0 Å². The van der Waals surface area contributed by atoms with E-state index in [2.05, 4.69) is 15.3 Å². The number of rotatable bonds is 4. The van der Waals surface area contributed by atoms with Gasteiger partial charge in [0.05, 0.1) is 11.4 Å². The average Bonchev–Trinajstić information content (AvgIpc) is 3.33. The minimum Gasteiger partial charge on any atom is -0.454 e. The van der Waals surface area contributed by atoms with Crippen LogP contribution < -0.4 is 9.47 Å². The molecular formula is C18H19N5O3. The maximum atomic E-state index is 12.7. The number of benzene rings is 1. The lowest BCUT2D eigenvalue weighted by atomic mass is 10.1.